The van der Waals surface area contributed by atoms with E-state index in [9.17, 15) is 9.59 Å². The number of hydrogen-bond donors (Lipinski definition) is 1. The van der Waals surface area contributed by atoms with E-state index in [4.69, 9.17) is 9.47 Å². The van der Waals surface area contributed by atoms with Crippen molar-refractivity contribution < 1.29 is 19.1 Å². The molecule has 4 rings (SSSR count). The van der Waals surface area contributed by atoms with Gasteiger partial charge in [0.1, 0.15) is 13.2 Å². The average Bonchev–Trinajstić information content (AvgIpc) is 3.50. The fraction of sp³-hybridized carbons (Fsp3) is 0.520. The molecule has 2 heterocycles. The molecule has 2 aromatic rings. The third-order valence-corrected chi connectivity index (χ3v) is 6.91. The number of rotatable bonds is 7. The van der Waals surface area contributed by atoms with Crippen LogP contribution in [-0.2, 0) is 11.2 Å². The Labute approximate surface area is 199 Å². The molecule has 1 fully saturated rings. The van der Waals surface area contributed by atoms with Crippen molar-refractivity contribution in [1.29, 1.82) is 0 Å². The molecule has 0 radical (unpaired) electrons. The van der Waals surface area contributed by atoms with Crippen LogP contribution in [0.3, 0.4) is 0 Å². The van der Waals surface area contributed by atoms with Crippen molar-refractivity contribution in [3.63, 3.8) is 0 Å². The lowest BCUT2D eigenvalue weighted by Gasteiger charge is -2.37. The van der Waals surface area contributed by atoms with Crippen molar-refractivity contribution in [2.24, 2.45) is 0 Å². The van der Waals surface area contributed by atoms with E-state index in [1.807, 2.05) is 49.9 Å². The van der Waals surface area contributed by atoms with Crippen molar-refractivity contribution >= 4 is 23.3 Å². The summed E-state index contributed by atoms with van der Waals surface area (Å²) in [7, 11) is 1.62. The van der Waals surface area contributed by atoms with Gasteiger partial charge in [-0.3, -0.25) is 4.79 Å². The van der Waals surface area contributed by atoms with E-state index < -0.39 is 0 Å². The first kappa shape index (κ1) is 23.4. The van der Waals surface area contributed by atoms with Crippen LogP contribution in [0.2, 0.25) is 0 Å². The summed E-state index contributed by atoms with van der Waals surface area (Å²) < 4.78 is 11.6. The monoisotopic (exact) mass is 471 g/mol. The quantitative estimate of drug-likeness (QED) is 0.656. The molecule has 1 aromatic carbocycles. The zero-order valence-electron chi connectivity index (χ0n) is 19.8. The maximum atomic E-state index is 13.5. The van der Waals surface area contributed by atoms with E-state index in [0.29, 0.717) is 24.7 Å². The first-order chi connectivity index (χ1) is 15.8. The summed E-state index contributed by atoms with van der Waals surface area (Å²) in [5.74, 6) is 1.27. The fourth-order valence-corrected chi connectivity index (χ4v) is 5.09. The Bertz CT molecular complexity index is 996. The number of amides is 3. The highest BCUT2D eigenvalue weighted by atomic mass is 32.1. The van der Waals surface area contributed by atoms with Crippen molar-refractivity contribution in [3.8, 4) is 11.5 Å². The first-order valence-corrected chi connectivity index (χ1v) is 12.3. The van der Waals surface area contributed by atoms with E-state index >= 15 is 0 Å². The molecule has 7 nitrogen and oxygen atoms in total. The number of nitrogens with one attached hydrogen (secondary N) is 1. The van der Waals surface area contributed by atoms with Crippen LogP contribution in [0, 0.1) is 0 Å². The van der Waals surface area contributed by atoms with Crippen LogP contribution in [-0.4, -0.2) is 60.1 Å². The number of carbonyl (C=O) groups is 2. The van der Waals surface area contributed by atoms with E-state index in [1.54, 1.807) is 23.3 Å². The van der Waals surface area contributed by atoms with Crippen molar-refractivity contribution in [2.75, 3.05) is 26.8 Å². The Balaban J connectivity index is 1.51. The van der Waals surface area contributed by atoms with Crippen molar-refractivity contribution in [2.45, 2.75) is 57.7 Å². The van der Waals surface area contributed by atoms with Gasteiger partial charge in [0.25, 0.3) is 0 Å². The number of hydrogen-bond acceptors (Lipinski definition) is 5. The molecular weight excluding hydrogens is 438 g/mol. The smallest absolute Gasteiger partial charge is 0.318 e. The lowest BCUT2D eigenvalue weighted by Crippen LogP contribution is -2.53. The Morgan fingerprint density at radius 1 is 1.18 bits per heavy atom. The summed E-state index contributed by atoms with van der Waals surface area (Å²) in [6, 6.07) is 9.37. The Morgan fingerprint density at radius 3 is 2.58 bits per heavy atom. The molecule has 178 valence electrons. The van der Waals surface area contributed by atoms with Gasteiger partial charge in [0.05, 0.1) is 13.2 Å². The molecule has 1 atom stereocenters. The van der Waals surface area contributed by atoms with E-state index in [1.165, 1.54) is 4.88 Å². The summed E-state index contributed by atoms with van der Waals surface area (Å²) in [5.41, 5.74) is 0.779. The number of urea groups is 1. The second-order valence-corrected chi connectivity index (χ2v) is 10.7. The predicted molar refractivity (Wildman–Crippen MR) is 129 cm³/mol. The second-order valence-electron chi connectivity index (χ2n) is 9.65. The van der Waals surface area contributed by atoms with Gasteiger partial charge < -0.3 is 24.6 Å². The Hall–Kier alpha value is -2.74. The summed E-state index contributed by atoms with van der Waals surface area (Å²) in [6.07, 6.45) is 2.71. The highest BCUT2D eigenvalue weighted by molar-refractivity contribution is 7.10. The van der Waals surface area contributed by atoms with Gasteiger partial charge in [-0.25, -0.2) is 4.79 Å². The molecule has 3 amide bonds. The van der Waals surface area contributed by atoms with Gasteiger partial charge in [-0.1, -0.05) is 12.1 Å². The van der Waals surface area contributed by atoms with Gasteiger partial charge >= 0.3 is 6.03 Å². The second kappa shape index (κ2) is 9.63. The molecule has 0 saturated heterocycles. The van der Waals surface area contributed by atoms with Gasteiger partial charge in [0.2, 0.25) is 5.91 Å². The van der Waals surface area contributed by atoms with Gasteiger partial charge in [-0.05, 0) is 69.2 Å². The average molecular weight is 472 g/mol. The van der Waals surface area contributed by atoms with Crippen LogP contribution < -0.4 is 14.8 Å². The molecule has 2 aliphatic rings. The third kappa shape index (κ3) is 5.61. The normalized spacial score (nSPS) is 17.8. The zero-order chi connectivity index (χ0) is 23.6. The number of benzene rings is 1. The minimum absolute atomic E-state index is 0.0450. The topological polar surface area (TPSA) is 71.1 Å². The maximum Gasteiger partial charge on any atom is 0.318 e. The van der Waals surface area contributed by atoms with E-state index in [-0.39, 0.29) is 36.1 Å². The summed E-state index contributed by atoms with van der Waals surface area (Å²) >= 11 is 1.72. The zero-order valence-corrected chi connectivity index (χ0v) is 20.6. The fourth-order valence-electron chi connectivity index (χ4n) is 4.16. The number of fused-ring (bicyclic) bond motifs is 1. The lowest BCUT2D eigenvalue weighted by molar-refractivity contribution is -0.135. The van der Waals surface area contributed by atoms with Crippen molar-refractivity contribution in [3.05, 3.63) is 46.2 Å². The van der Waals surface area contributed by atoms with Gasteiger partial charge in [0, 0.05) is 23.0 Å². The molecule has 1 aromatic heterocycles. The van der Waals surface area contributed by atoms with Gasteiger partial charge in [-0.15, -0.1) is 11.3 Å². The minimum atomic E-state index is -0.352. The highest BCUT2D eigenvalue weighted by Gasteiger charge is 2.38. The number of methoxy groups -OCH3 is 1. The van der Waals surface area contributed by atoms with Gasteiger partial charge in [-0.2, -0.15) is 0 Å². The molecule has 1 N–H and O–H groups in total. The molecule has 0 bridgehead atoms. The number of para-hydroxylation sites is 2. The van der Waals surface area contributed by atoms with Crippen LogP contribution in [0.1, 0.15) is 50.1 Å². The summed E-state index contributed by atoms with van der Waals surface area (Å²) in [5, 5.41) is 5.08. The minimum Gasteiger partial charge on any atom is -0.493 e. The molecule has 1 aliphatic heterocycles. The van der Waals surface area contributed by atoms with Crippen molar-refractivity contribution in [1.82, 2.24) is 15.1 Å². The standard InChI is InChI=1S/C25H33N3O4S/c1-25(2,3)26-24(30)28(17-9-10-17)15-23(29)27-13-11-22-18(12-14-33-22)19(27)16-32-21-8-6-5-7-20(21)31-4/h5-8,12,14,17,19H,9-11,13,15-16H2,1-4H3,(H,26,30). The molecule has 0 spiro atoms. The highest BCUT2D eigenvalue weighted by Crippen LogP contribution is 2.36. The largest absolute Gasteiger partial charge is 0.493 e. The Morgan fingerprint density at radius 2 is 1.91 bits per heavy atom. The third-order valence-electron chi connectivity index (χ3n) is 5.92. The predicted octanol–water partition coefficient (Wildman–Crippen LogP) is 4.23. The molecule has 1 aliphatic carbocycles. The molecule has 1 unspecified atom stereocenters. The number of ether oxygens (including phenoxy) is 2. The molecule has 8 heteroatoms. The van der Waals surface area contributed by atoms with E-state index in [2.05, 4.69) is 16.8 Å². The van der Waals surface area contributed by atoms with Crippen LogP contribution >= 0.6 is 11.3 Å². The van der Waals surface area contributed by atoms with Crippen LogP contribution in [0.4, 0.5) is 4.79 Å². The molecule has 1 saturated carbocycles. The van der Waals surface area contributed by atoms with Crippen LogP contribution in [0.15, 0.2) is 35.7 Å². The molecular formula is C25H33N3O4S. The SMILES string of the molecule is COc1ccccc1OCC1c2ccsc2CCN1C(=O)CN(C(=O)NC(C)(C)C)C1CC1. The number of carbonyl (C=O) groups excluding carboxylic acids is 2. The molecule has 33 heavy (non-hydrogen) atoms. The first-order valence-electron chi connectivity index (χ1n) is 11.5. The summed E-state index contributed by atoms with van der Waals surface area (Å²) in [4.78, 5) is 31.3. The Kier molecular flexibility index (Phi) is 6.83. The van der Waals surface area contributed by atoms with Crippen LogP contribution in [0.25, 0.3) is 0 Å². The van der Waals surface area contributed by atoms with E-state index in [0.717, 1.165) is 24.8 Å². The van der Waals surface area contributed by atoms with Gasteiger partial charge in [0.15, 0.2) is 11.5 Å². The van der Waals surface area contributed by atoms with Crippen LogP contribution in [0.5, 0.6) is 11.5 Å². The number of thiophene rings is 1. The number of nitrogens with zero attached hydrogens (tertiary/aromatic N) is 2. The lowest BCUT2D eigenvalue weighted by atomic mass is 10.0. The summed E-state index contributed by atoms with van der Waals surface area (Å²) in [6.45, 7) is 6.87. The maximum absolute atomic E-state index is 13.5.